The summed E-state index contributed by atoms with van der Waals surface area (Å²) in [5.41, 5.74) is 0.927. The van der Waals surface area contributed by atoms with E-state index in [0.717, 1.165) is 15.6 Å². The third-order valence-electron chi connectivity index (χ3n) is 6.63. The molecule has 0 heterocycles. The van der Waals surface area contributed by atoms with E-state index >= 15 is 0 Å². The normalized spacial score (nSPS) is 12.0. The van der Waals surface area contributed by atoms with Crippen molar-refractivity contribution in [3.63, 3.8) is 0 Å². The fourth-order valence-corrected chi connectivity index (χ4v) is 6.54. The Labute approximate surface area is 268 Å². The molecule has 0 aliphatic heterocycles. The lowest BCUT2D eigenvalue weighted by Crippen LogP contribution is -2.52. The number of rotatable bonds is 15. The molecule has 2 amide bonds. The molecule has 1 N–H and O–H groups in total. The Morgan fingerprint density at radius 1 is 0.953 bits per heavy atom. The van der Waals surface area contributed by atoms with Crippen molar-refractivity contribution in [3.8, 4) is 5.75 Å². The van der Waals surface area contributed by atoms with Gasteiger partial charge in [-0.2, -0.15) is 0 Å². The Morgan fingerprint density at radius 3 is 2.19 bits per heavy atom. The molecule has 0 aliphatic carbocycles. The molecule has 3 aromatic rings. The summed E-state index contributed by atoms with van der Waals surface area (Å²) in [5, 5.41) is 3.53. The number of sulfonamides is 1. The van der Waals surface area contributed by atoms with Crippen LogP contribution in [0.5, 0.6) is 5.75 Å². The minimum atomic E-state index is -4.19. The smallest absolute Gasteiger partial charge is 0.264 e. The van der Waals surface area contributed by atoms with Crippen molar-refractivity contribution in [3.05, 3.63) is 82.3 Å². The first-order valence-corrected chi connectivity index (χ1v) is 17.4. The number of amides is 2. The first-order valence-electron chi connectivity index (χ1n) is 14.0. The predicted octanol–water partition coefficient (Wildman–Crippen LogP) is 6.64. The third kappa shape index (κ3) is 9.04. The van der Waals surface area contributed by atoms with Crippen LogP contribution in [0.2, 0.25) is 10.0 Å². The van der Waals surface area contributed by atoms with Gasteiger partial charge >= 0.3 is 0 Å². The van der Waals surface area contributed by atoms with Gasteiger partial charge in [0.2, 0.25) is 11.8 Å². The Hall–Kier alpha value is -2.92. The maximum atomic E-state index is 14.2. The fraction of sp³-hybridized carbons (Fsp3) is 0.355. The lowest BCUT2D eigenvalue weighted by atomic mass is 10.1. The van der Waals surface area contributed by atoms with E-state index in [1.807, 2.05) is 20.1 Å². The molecule has 0 radical (unpaired) electrons. The van der Waals surface area contributed by atoms with Crippen molar-refractivity contribution >= 4 is 62.5 Å². The Bertz CT molecular complexity index is 1490. The van der Waals surface area contributed by atoms with E-state index in [0.29, 0.717) is 40.9 Å². The molecule has 12 heteroatoms. The summed E-state index contributed by atoms with van der Waals surface area (Å²) in [7, 11) is -4.19. The number of nitrogens with one attached hydrogen (secondary N) is 1. The highest BCUT2D eigenvalue weighted by molar-refractivity contribution is 7.98. The zero-order valence-corrected chi connectivity index (χ0v) is 27.8. The van der Waals surface area contributed by atoms with Gasteiger partial charge in [0, 0.05) is 18.0 Å². The van der Waals surface area contributed by atoms with E-state index in [9.17, 15) is 18.0 Å². The summed E-state index contributed by atoms with van der Waals surface area (Å²) >= 11 is 13.9. The molecule has 0 aliphatic rings. The van der Waals surface area contributed by atoms with Crippen molar-refractivity contribution in [1.29, 1.82) is 0 Å². The van der Waals surface area contributed by atoms with Crippen LogP contribution in [0.15, 0.2) is 76.5 Å². The van der Waals surface area contributed by atoms with E-state index in [-0.39, 0.29) is 23.0 Å². The third-order valence-corrected chi connectivity index (χ3v) is 9.90. The summed E-state index contributed by atoms with van der Waals surface area (Å²) in [4.78, 5) is 29.7. The molecule has 232 valence electrons. The number of carbonyl (C=O) groups excluding carboxylic acids is 2. The van der Waals surface area contributed by atoms with Gasteiger partial charge in [0.15, 0.2) is 0 Å². The lowest BCUT2D eigenvalue weighted by molar-refractivity contribution is -0.140. The number of benzene rings is 3. The van der Waals surface area contributed by atoms with E-state index < -0.39 is 28.5 Å². The van der Waals surface area contributed by atoms with Crippen molar-refractivity contribution in [1.82, 2.24) is 10.2 Å². The van der Waals surface area contributed by atoms with Crippen LogP contribution in [0.1, 0.15) is 39.2 Å². The van der Waals surface area contributed by atoms with Gasteiger partial charge in [-0.3, -0.25) is 13.9 Å². The van der Waals surface area contributed by atoms with E-state index in [2.05, 4.69) is 5.32 Å². The Morgan fingerprint density at radius 2 is 1.63 bits per heavy atom. The quantitative estimate of drug-likeness (QED) is 0.183. The monoisotopic (exact) mass is 665 g/mol. The Balaban J connectivity index is 2.07. The number of anilines is 1. The van der Waals surface area contributed by atoms with Crippen LogP contribution in [0.3, 0.4) is 0 Å². The molecule has 0 saturated heterocycles. The number of hydrogen-bond acceptors (Lipinski definition) is 6. The van der Waals surface area contributed by atoms with Gasteiger partial charge in [-0.05, 0) is 92.2 Å². The number of ether oxygens (including phenoxy) is 1. The molecule has 8 nitrogen and oxygen atoms in total. The van der Waals surface area contributed by atoms with Crippen LogP contribution >= 0.6 is 35.0 Å². The molecule has 43 heavy (non-hydrogen) atoms. The van der Waals surface area contributed by atoms with Crippen molar-refractivity contribution in [2.24, 2.45) is 0 Å². The van der Waals surface area contributed by atoms with Crippen molar-refractivity contribution < 1.29 is 22.7 Å². The van der Waals surface area contributed by atoms with E-state index in [4.69, 9.17) is 27.9 Å². The van der Waals surface area contributed by atoms with Crippen LogP contribution in [0, 0.1) is 0 Å². The fourth-order valence-electron chi connectivity index (χ4n) is 4.40. The van der Waals surface area contributed by atoms with Crippen LogP contribution in [-0.4, -0.2) is 57.1 Å². The molecule has 3 rings (SSSR count). The second-order valence-electron chi connectivity index (χ2n) is 9.60. The van der Waals surface area contributed by atoms with E-state index in [1.165, 1.54) is 28.8 Å². The zero-order chi connectivity index (χ0) is 31.6. The minimum Gasteiger partial charge on any atom is -0.494 e. The van der Waals surface area contributed by atoms with Gasteiger partial charge in [-0.1, -0.05) is 43.1 Å². The number of hydrogen-bond donors (Lipinski definition) is 1. The first kappa shape index (κ1) is 34.6. The average molecular weight is 667 g/mol. The highest BCUT2D eigenvalue weighted by atomic mass is 35.5. The molecule has 0 spiro atoms. The summed E-state index contributed by atoms with van der Waals surface area (Å²) in [5.74, 6) is -0.303. The number of halogens is 2. The summed E-state index contributed by atoms with van der Waals surface area (Å²) in [6.45, 7) is 5.97. The first-order chi connectivity index (χ1) is 20.5. The minimum absolute atomic E-state index is 0.0212. The van der Waals surface area contributed by atoms with Crippen LogP contribution in [0.4, 0.5) is 5.69 Å². The second-order valence-corrected chi connectivity index (χ2v) is 13.2. The Kier molecular flexibility index (Phi) is 13.1. The number of carbonyl (C=O) groups is 2. The van der Waals surface area contributed by atoms with Gasteiger partial charge in [0.25, 0.3) is 10.0 Å². The maximum absolute atomic E-state index is 14.2. The lowest BCUT2D eigenvalue weighted by Gasteiger charge is -2.33. The molecule has 0 saturated carbocycles. The highest BCUT2D eigenvalue weighted by Gasteiger charge is 2.33. The standard InChI is InChI=1S/C31H37Cl2N3O5S2/c1-5-18-34-31(38)29(6-2)35(20-22-8-17-27(32)28(33)19-22)30(37)21-36(23-9-11-24(12-10-23)41-7-3)43(39,40)26-15-13-25(42-4)14-16-26/h8-17,19,29H,5-7,18,20-21H2,1-4H3,(H,34,38). The molecular formula is C31H37Cl2N3O5S2. The topological polar surface area (TPSA) is 96.0 Å². The van der Waals surface area contributed by atoms with Gasteiger partial charge in [-0.15, -0.1) is 11.8 Å². The van der Waals surface area contributed by atoms with Crippen LogP contribution in [-0.2, 0) is 26.2 Å². The summed E-state index contributed by atoms with van der Waals surface area (Å²) in [6.07, 6.45) is 2.94. The zero-order valence-electron chi connectivity index (χ0n) is 24.7. The largest absolute Gasteiger partial charge is 0.494 e. The van der Waals surface area contributed by atoms with Gasteiger partial charge in [-0.25, -0.2) is 8.42 Å². The molecule has 0 aromatic heterocycles. The average Bonchev–Trinajstić information content (AvgIpc) is 3.00. The van der Waals surface area contributed by atoms with Crippen LogP contribution < -0.4 is 14.4 Å². The van der Waals surface area contributed by atoms with Gasteiger partial charge < -0.3 is 15.0 Å². The molecule has 1 unspecified atom stereocenters. The molecule has 0 bridgehead atoms. The summed E-state index contributed by atoms with van der Waals surface area (Å²) < 4.78 is 34.7. The summed E-state index contributed by atoms with van der Waals surface area (Å²) in [6, 6.07) is 17.1. The van der Waals surface area contributed by atoms with Crippen LogP contribution in [0.25, 0.3) is 0 Å². The SMILES string of the molecule is CCCNC(=O)C(CC)N(Cc1ccc(Cl)c(Cl)c1)C(=O)CN(c1ccc(OCC)cc1)S(=O)(=O)c1ccc(SC)cc1. The van der Waals surface area contributed by atoms with E-state index in [1.54, 1.807) is 61.5 Å². The highest BCUT2D eigenvalue weighted by Crippen LogP contribution is 2.29. The molecule has 1 atom stereocenters. The number of nitrogens with zero attached hydrogens (tertiary/aromatic N) is 2. The maximum Gasteiger partial charge on any atom is 0.264 e. The molecule has 0 fully saturated rings. The van der Waals surface area contributed by atoms with Crippen molar-refractivity contribution in [2.75, 3.05) is 30.3 Å². The molecule has 3 aromatic carbocycles. The van der Waals surface area contributed by atoms with Crippen molar-refractivity contribution in [2.45, 2.75) is 56.0 Å². The molecular weight excluding hydrogens is 629 g/mol. The predicted molar refractivity (Wildman–Crippen MR) is 175 cm³/mol. The van der Waals surface area contributed by atoms with Gasteiger partial charge in [0.1, 0.15) is 18.3 Å². The number of thioether (sulfide) groups is 1. The second kappa shape index (κ2) is 16.2. The van der Waals surface area contributed by atoms with Gasteiger partial charge in [0.05, 0.1) is 27.2 Å².